The molecule has 5 nitrogen and oxygen atoms in total. The van der Waals surface area contributed by atoms with Gasteiger partial charge in [-0.25, -0.2) is 9.07 Å². The van der Waals surface area contributed by atoms with Crippen LogP contribution in [0.2, 0.25) is 0 Å². The molecule has 2 aromatic rings. The molecule has 0 radical (unpaired) electrons. The Bertz CT molecular complexity index is 607. The molecule has 0 spiro atoms. The zero-order valence-corrected chi connectivity index (χ0v) is 11.3. The quantitative estimate of drug-likeness (QED) is 0.888. The minimum atomic E-state index is -0.351. The van der Waals surface area contributed by atoms with Crippen molar-refractivity contribution in [2.24, 2.45) is 0 Å². The van der Waals surface area contributed by atoms with Crippen molar-refractivity contribution in [1.82, 2.24) is 15.1 Å². The van der Waals surface area contributed by atoms with Gasteiger partial charge in [0.05, 0.1) is 12.3 Å². The maximum atomic E-state index is 12.9. The van der Waals surface area contributed by atoms with Gasteiger partial charge in [-0.15, -0.1) is 0 Å². The number of hydrogen-bond donors (Lipinski definition) is 2. The van der Waals surface area contributed by atoms with E-state index in [4.69, 9.17) is 5.11 Å². The summed E-state index contributed by atoms with van der Waals surface area (Å²) in [7, 11) is 0. The van der Waals surface area contributed by atoms with Crippen LogP contribution < -0.4 is 5.32 Å². The lowest BCUT2D eigenvalue weighted by molar-refractivity contribution is 0.0917. The van der Waals surface area contributed by atoms with Crippen molar-refractivity contribution in [3.63, 3.8) is 0 Å². The van der Waals surface area contributed by atoms with E-state index in [1.54, 1.807) is 29.8 Å². The van der Waals surface area contributed by atoms with Gasteiger partial charge >= 0.3 is 0 Å². The summed E-state index contributed by atoms with van der Waals surface area (Å²) in [5.74, 6) is -0.677. The number of nitrogens with zero attached hydrogens (tertiary/aromatic N) is 2. The van der Waals surface area contributed by atoms with Crippen LogP contribution >= 0.6 is 0 Å². The summed E-state index contributed by atoms with van der Waals surface area (Å²) in [6, 6.07) is 7.16. The van der Waals surface area contributed by atoms with Crippen molar-refractivity contribution in [3.05, 3.63) is 47.5 Å². The van der Waals surface area contributed by atoms with E-state index in [1.165, 1.54) is 12.1 Å². The molecule has 6 heteroatoms. The van der Waals surface area contributed by atoms with E-state index in [-0.39, 0.29) is 30.1 Å². The third-order valence-corrected chi connectivity index (χ3v) is 2.84. The van der Waals surface area contributed by atoms with Gasteiger partial charge in [0, 0.05) is 11.7 Å². The van der Waals surface area contributed by atoms with Gasteiger partial charge in [-0.05, 0) is 44.2 Å². The van der Waals surface area contributed by atoms with E-state index in [9.17, 15) is 9.18 Å². The molecular weight excluding hydrogens is 261 g/mol. The van der Waals surface area contributed by atoms with Crippen molar-refractivity contribution >= 4 is 5.91 Å². The van der Waals surface area contributed by atoms with Crippen LogP contribution in [0.5, 0.6) is 0 Å². The number of halogens is 1. The molecule has 0 saturated carbocycles. The molecule has 0 aliphatic heterocycles. The second-order valence-corrected chi connectivity index (χ2v) is 4.62. The predicted molar refractivity (Wildman–Crippen MR) is 72.3 cm³/mol. The van der Waals surface area contributed by atoms with E-state index < -0.39 is 0 Å². The Morgan fingerprint density at radius 1 is 1.45 bits per heavy atom. The molecule has 0 fully saturated rings. The molecule has 0 saturated heterocycles. The molecule has 0 aliphatic rings. The average Bonchev–Trinajstić information content (AvgIpc) is 2.81. The monoisotopic (exact) mass is 277 g/mol. The Morgan fingerprint density at radius 2 is 2.10 bits per heavy atom. The van der Waals surface area contributed by atoms with E-state index in [0.717, 1.165) is 5.69 Å². The van der Waals surface area contributed by atoms with Crippen molar-refractivity contribution < 1.29 is 14.3 Å². The summed E-state index contributed by atoms with van der Waals surface area (Å²) in [4.78, 5) is 11.9. The summed E-state index contributed by atoms with van der Waals surface area (Å²) >= 11 is 0. The van der Waals surface area contributed by atoms with Crippen LogP contribution in [0.4, 0.5) is 4.39 Å². The first-order valence-electron chi connectivity index (χ1n) is 6.25. The zero-order chi connectivity index (χ0) is 14.7. The normalized spacial score (nSPS) is 12.2. The molecule has 2 N–H and O–H groups in total. The lowest BCUT2D eigenvalue weighted by Crippen LogP contribution is -2.35. The number of aryl methyl sites for hydroxylation is 1. The third-order valence-electron chi connectivity index (χ3n) is 2.84. The van der Waals surface area contributed by atoms with Gasteiger partial charge in [0.2, 0.25) is 0 Å². The molecule has 106 valence electrons. The van der Waals surface area contributed by atoms with Crippen molar-refractivity contribution in [3.8, 4) is 5.69 Å². The Kier molecular flexibility index (Phi) is 4.14. The van der Waals surface area contributed by atoms with Gasteiger partial charge in [-0.3, -0.25) is 4.79 Å². The number of aliphatic hydroxyl groups excluding tert-OH is 1. The van der Waals surface area contributed by atoms with Crippen LogP contribution in [-0.4, -0.2) is 33.4 Å². The van der Waals surface area contributed by atoms with Crippen molar-refractivity contribution in [2.45, 2.75) is 19.9 Å². The number of nitrogens with one attached hydrogen (secondary N) is 1. The Morgan fingerprint density at radius 3 is 2.70 bits per heavy atom. The number of carbonyl (C=O) groups excluding carboxylic acids is 1. The smallest absolute Gasteiger partial charge is 0.272 e. The lowest BCUT2D eigenvalue weighted by atomic mass is 10.3. The number of benzene rings is 1. The van der Waals surface area contributed by atoms with Crippen LogP contribution in [0.15, 0.2) is 30.3 Å². The van der Waals surface area contributed by atoms with Gasteiger partial charge in [0.1, 0.15) is 5.82 Å². The second-order valence-electron chi connectivity index (χ2n) is 4.62. The van der Waals surface area contributed by atoms with Gasteiger partial charge < -0.3 is 10.4 Å². The number of aromatic nitrogens is 2. The van der Waals surface area contributed by atoms with Crippen LogP contribution in [0, 0.1) is 12.7 Å². The molecule has 1 amide bonds. The Labute approximate surface area is 116 Å². The standard InChI is InChI=1S/C14H16FN3O2/c1-9(8-19)16-14(20)13-7-10(2)18(17-13)12-5-3-11(15)4-6-12/h3-7,9,19H,8H2,1-2H3,(H,16,20)/t9-/m0/s1. The SMILES string of the molecule is Cc1cc(C(=O)N[C@@H](C)CO)nn1-c1ccc(F)cc1. The molecule has 1 heterocycles. The highest BCUT2D eigenvalue weighted by Crippen LogP contribution is 2.13. The Hall–Kier alpha value is -2.21. The molecule has 1 aromatic heterocycles. The van der Waals surface area contributed by atoms with E-state index >= 15 is 0 Å². The summed E-state index contributed by atoms with van der Waals surface area (Å²) in [5, 5.41) is 15.7. The van der Waals surface area contributed by atoms with Gasteiger partial charge in [-0.1, -0.05) is 0 Å². The van der Waals surface area contributed by atoms with Gasteiger partial charge in [0.15, 0.2) is 5.69 Å². The minimum Gasteiger partial charge on any atom is -0.394 e. The molecule has 0 bridgehead atoms. The number of carbonyl (C=O) groups is 1. The molecular formula is C14H16FN3O2. The number of rotatable bonds is 4. The fourth-order valence-corrected chi connectivity index (χ4v) is 1.77. The summed E-state index contributed by atoms with van der Waals surface area (Å²) < 4.78 is 14.5. The van der Waals surface area contributed by atoms with E-state index in [2.05, 4.69) is 10.4 Å². The lowest BCUT2D eigenvalue weighted by Gasteiger charge is -2.08. The summed E-state index contributed by atoms with van der Waals surface area (Å²) in [6.07, 6.45) is 0. The van der Waals surface area contributed by atoms with Crippen LogP contribution in [-0.2, 0) is 0 Å². The van der Waals surface area contributed by atoms with Crippen molar-refractivity contribution in [2.75, 3.05) is 6.61 Å². The highest BCUT2D eigenvalue weighted by molar-refractivity contribution is 5.92. The highest BCUT2D eigenvalue weighted by Gasteiger charge is 2.14. The van der Waals surface area contributed by atoms with Crippen LogP contribution in [0.1, 0.15) is 23.1 Å². The molecule has 1 aromatic carbocycles. The Balaban J connectivity index is 2.25. The van der Waals surface area contributed by atoms with E-state index in [1.807, 2.05) is 6.92 Å². The first kappa shape index (κ1) is 14.2. The number of amides is 1. The molecule has 20 heavy (non-hydrogen) atoms. The number of hydrogen-bond acceptors (Lipinski definition) is 3. The second kappa shape index (κ2) is 5.83. The average molecular weight is 277 g/mol. The van der Waals surface area contributed by atoms with E-state index in [0.29, 0.717) is 5.69 Å². The fraction of sp³-hybridized carbons (Fsp3) is 0.286. The maximum absolute atomic E-state index is 12.9. The first-order valence-corrected chi connectivity index (χ1v) is 6.25. The van der Waals surface area contributed by atoms with Crippen LogP contribution in [0.3, 0.4) is 0 Å². The zero-order valence-electron chi connectivity index (χ0n) is 11.3. The topological polar surface area (TPSA) is 67.2 Å². The largest absolute Gasteiger partial charge is 0.394 e. The van der Waals surface area contributed by atoms with Crippen molar-refractivity contribution in [1.29, 1.82) is 0 Å². The number of aliphatic hydroxyl groups is 1. The summed E-state index contributed by atoms with van der Waals surface area (Å²) in [5.41, 5.74) is 1.70. The molecule has 2 rings (SSSR count). The fourth-order valence-electron chi connectivity index (χ4n) is 1.77. The molecule has 1 atom stereocenters. The first-order chi connectivity index (χ1) is 9.51. The minimum absolute atomic E-state index is 0.136. The third kappa shape index (κ3) is 3.03. The maximum Gasteiger partial charge on any atom is 0.272 e. The summed E-state index contributed by atoms with van der Waals surface area (Å²) in [6.45, 7) is 3.37. The van der Waals surface area contributed by atoms with Gasteiger partial charge in [0.25, 0.3) is 5.91 Å². The highest BCUT2D eigenvalue weighted by atomic mass is 19.1. The van der Waals surface area contributed by atoms with Gasteiger partial charge in [-0.2, -0.15) is 5.10 Å². The molecule has 0 aliphatic carbocycles. The van der Waals surface area contributed by atoms with Crippen LogP contribution in [0.25, 0.3) is 5.69 Å². The predicted octanol–water partition coefficient (Wildman–Crippen LogP) is 1.43. The molecule has 0 unspecified atom stereocenters.